The Labute approximate surface area is 213 Å². The normalized spacial score (nSPS) is 5.36. The Morgan fingerprint density at radius 1 is 1.09 bits per heavy atom. The summed E-state index contributed by atoms with van der Waals surface area (Å²) < 4.78 is 8.88. The molecule has 0 saturated carbocycles. The molecule has 0 heterocycles. The Kier molecular flexibility index (Phi) is 99.1. The van der Waals surface area contributed by atoms with Crippen LogP contribution in [0.3, 0.4) is 0 Å². The smallest absolute Gasteiger partial charge is 1.00 e. The van der Waals surface area contributed by atoms with E-state index in [1.807, 2.05) is 0 Å². The van der Waals surface area contributed by atoms with Gasteiger partial charge in [-0.15, -0.1) is 0 Å². The SMILES string of the molecule is O=P(O)(O)O.[AlH3].[H-].[H-].[H-].[H-].[H-].[La].[Li+].[Sr+2].[Sr+2].[Ti]. The van der Waals surface area contributed by atoms with Gasteiger partial charge in [0.25, 0.3) is 0 Å². The van der Waals surface area contributed by atoms with Crippen molar-refractivity contribution in [3.8, 4) is 0 Å². The molecule has 0 spiro atoms. The molecule has 0 aromatic carbocycles. The molecule has 4 nitrogen and oxygen atoms in total. The van der Waals surface area contributed by atoms with Crippen molar-refractivity contribution in [3.05, 3.63) is 0 Å². The van der Waals surface area contributed by atoms with E-state index in [2.05, 4.69) is 0 Å². The number of hydrogen-bond acceptors (Lipinski definition) is 1. The maximum atomic E-state index is 8.88. The summed E-state index contributed by atoms with van der Waals surface area (Å²) in [5.41, 5.74) is 0. The van der Waals surface area contributed by atoms with E-state index >= 15 is 0 Å². The predicted molar refractivity (Wildman–Crippen MR) is 41.3 cm³/mol. The molecule has 0 aliphatic carbocycles. The van der Waals surface area contributed by atoms with Gasteiger partial charge < -0.3 is 21.8 Å². The van der Waals surface area contributed by atoms with Crippen molar-refractivity contribution in [2.75, 3.05) is 0 Å². The van der Waals surface area contributed by atoms with E-state index in [4.69, 9.17) is 19.2 Å². The molecule has 0 unspecified atom stereocenters. The molecule has 11 heteroatoms. The van der Waals surface area contributed by atoms with E-state index in [1.54, 1.807) is 0 Å². The third-order valence-electron chi connectivity index (χ3n) is 0. The van der Waals surface area contributed by atoms with E-state index in [-0.39, 0.29) is 192 Å². The molecule has 11 heavy (non-hydrogen) atoms. The fourth-order valence-electron chi connectivity index (χ4n) is 0. The number of hydrogen-bond donors (Lipinski definition) is 3. The van der Waals surface area contributed by atoms with E-state index < -0.39 is 7.82 Å². The summed E-state index contributed by atoms with van der Waals surface area (Å²) in [4.78, 5) is 21.6. The average molecular weight is 502 g/mol. The van der Waals surface area contributed by atoms with Crippen molar-refractivity contribution in [2.24, 2.45) is 0 Å². The second kappa shape index (κ2) is 25.1. The first-order chi connectivity index (χ1) is 2.00. The first-order valence-electron chi connectivity index (χ1n) is 0.783. The summed E-state index contributed by atoms with van der Waals surface area (Å²) in [6, 6.07) is 0. The predicted octanol–water partition coefficient (Wildman–Crippen LogP) is -5.31. The van der Waals surface area contributed by atoms with Crippen molar-refractivity contribution in [1.29, 1.82) is 0 Å². The maximum absolute atomic E-state index is 8.88. The third kappa shape index (κ3) is 85.9. The topological polar surface area (TPSA) is 77.8 Å². The Hall–Kier alpha value is 6.11. The summed E-state index contributed by atoms with van der Waals surface area (Å²) in [5, 5.41) is 0. The molecule has 0 amide bonds. The van der Waals surface area contributed by atoms with Gasteiger partial charge in [0, 0.05) is 57.3 Å². The van der Waals surface area contributed by atoms with Gasteiger partial charge in [-0.2, -0.15) is 0 Å². The summed E-state index contributed by atoms with van der Waals surface area (Å²) in [5.74, 6) is 0. The maximum Gasteiger partial charge on any atom is 2.00 e. The van der Waals surface area contributed by atoms with Crippen molar-refractivity contribution in [2.45, 2.75) is 0 Å². The average Bonchev–Trinajstić information content (AvgIpc) is 0.722. The standard InChI is InChI=1S/Al.La.Li.H3O4P.2Sr.Ti.8H/c;;;1-5(2,3)4;;;;;;;;;;;/h;;;(H3,1,2,3,4);;;;;;;;;;;/q;;+1;;2*+2;;;;;5*-1. The minimum absolute atomic E-state index is 0. The minimum atomic E-state index is -4.64. The molecule has 0 aromatic heterocycles. The molecule has 0 rings (SSSR count). The van der Waals surface area contributed by atoms with Crippen LogP contribution in [0.15, 0.2) is 0 Å². The third-order valence-corrected chi connectivity index (χ3v) is 0. The summed E-state index contributed by atoms with van der Waals surface area (Å²) >= 11 is 0. The van der Waals surface area contributed by atoms with Crippen molar-refractivity contribution >= 4 is 116 Å². The van der Waals surface area contributed by atoms with Gasteiger partial charge in [0.2, 0.25) is 0 Å². The van der Waals surface area contributed by atoms with Crippen LogP contribution in [-0.4, -0.2) is 123 Å². The molecule has 0 saturated heterocycles. The Balaban J connectivity index is -0.00000000145. The van der Waals surface area contributed by atoms with Crippen LogP contribution < -0.4 is 18.9 Å². The zero-order chi connectivity index (χ0) is 4.50. The number of rotatable bonds is 0. The Morgan fingerprint density at radius 2 is 1.09 bits per heavy atom. The van der Waals surface area contributed by atoms with E-state index in [9.17, 15) is 0 Å². The number of phosphoric acid groups is 1. The minimum Gasteiger partial charge on any atom is -1.00 e. The zero-order valence-electron chi connectivity index (χ0n) is 10.7. The molecule has 3 N–H and O–H groups in total. The molecule has 1 radical (unpaired) electrons. The van der Waals surface area contributed by atoms with E-state index in [0.29, 0.717) is 0 Å². The molecule has 0 bridgehead atoms. The summed E-state index contributed by atoms with van der Waals surface area (Å²) in [6.45, 7) is 0. The molecular weight excluding hydrogens is 491 g/mol. The second-order valence-electron chi connectivity index (χ2n) is 0.513. The quantitative estimate of drug-likeness (QED) is 0.229. The summed E-state index contributed by atoms with van der Waals surface area (Å²) in [6.07, 6.45) is 0. The van der Waals surface area contributed by atoms with Gasteiger partial charge >= 0.3 is 118 Å². The van der Waals surface area contributed by atoms with Crippen LogP contribution in [0.2, 0.25) is 0 Å². The molecule has 0 aliphatic heterocycles. The van der Waals surface area contributed by atoms with Crippen LogP contribution in [0.4, 0.5) is 0 Å². The van der Waals surface area contributed by atoms with Crippen molar-refractivity contribution in [1.82, 2.24) is 0 Å². The molecule has 0 aromatic rings. The Morgan fingerprint density at radius 3 is 1.09 bits per heavy atom. The molecule has 55 valence electrons. The van der Waals surface area contributed by atoms with Gasteiger partial charge in [0.15, 0.2) is 17.4 Å². The van der Waals surface area contributed by atoms with Crippen LogP contribution in [-0.2, 0) is 26.3 Å². The second-order valence-corrected chi connectivity index (χ2v) is 1.54. The van der Waals surface area contributed by atoms with Gasteiger partial charge in [-0.3, -0.25) is 0 Å². The first kappa shape index (κ1) is 43.4. The van der Waals surface area contributed by atoms with E-state index in [1.165, 1.54) is 0 Å². The molecular formula is H11AlLaLiO4PSr2Ti. The zero-order valence-corrected chi connectivity index (χ0v) is 18.7. The van der Waals surface area contributed by atoms with Crippen LogP contribution in [0.5, 0.6) is 0 Å². The van der Waals surface area contributed by atoms with Crippen molar-refractivity contribution in [3.63, 3.8) is 0 Å². The van der Waals surface area contributed by atoms with Crippen LogP contribution >= 0.6 is 7.82 Å². The van der Waals surface area contributed by atoms with E-state index in [0.717, 1.165) is 0 Å². The molecule has 0 atom stereocenters. The van der Waals surface area contributed by atoms with Gasteiger partial charge in [0.1, 0.15) is 0 Å². The first-order valence-corrected chi connectivity index (χ1v) is 2.35. The van der Waals surface area contributed by atoms with Crippen molar-refractivity contribution < 1.29 is 103 Å². The van der Waals surface area contributed by atoms with Gasteiger partial charge in [-0.05, 0) is 0 Å². The Bertz CT molecular complexity index is 88.6. The van der Waals surface area contributed by atoms with Gasteiger partial charge in [0.05, 0.1) is 0 Å². The van der Waals surface area contributed by atoms with Crippen LogP contribution in [0, 0.1) is 35.6 Å². The summed E-state index contributed by atoms with van der Waals surface area (Å²) in [7, 11) is -4.64. The van der Waals surface area contributed by atoms with Gasteiger partial charge in [-0.1, -0.05) is 0 Å². The van der Waals surface area contributed by atoms with Crippen LogP contribution in [0.1, 0.15) is 7.13 Å². The fraction of sp³-hybridized carbons (Fsp3) is 0. The van der Waals surface area contributed by atoms with Gasteiger partial charge in [-0.25, -0.2) is 4.57 Å². The largest absolute Gasteiger partial charge is 2.00 e. The van der Waals surface area contributed by atoms with Crippen LogP contribution in [0.25, 0.3) is 0 Å². The fourth-order valence-corrected chi connectivity index (χ4v) is 0. The molecule has 0 fully saturated rings. The molecule has 0 aliphatic rings. The monoisotopic (exact) mass is 503 g/mol.